The molecule has 6 nitrogen and oxygen atoms in total. The Morgan fingerprint density at radius 2 is 1.57 bits per heavy atom. The Labute approximate surface area is 206 Å². The largest absolute Gasteiger partial charge is 0.482 e. The van der Waals surface area contributed by atoms with Crippen molar-refractivity contribution in [2.24, 2.45) is 0 Å². The van der Waals surface area contributed by atoms with Crippen LogP contribution in [0.15, 0.2) is 84.9 Å². The maximum Gasteiger partial charge on any atom is 0.265 e. The highest BCUT2D eigenvalue weighted by Gasteiger charge is 2.25. The van der Waals surface area contributed by atoms with Gasteiger partial charge in [0.1, 0.15) is 5.75 Å². The van der Waals surface area contributed by atoms with E-state index in [1.807, 2.05) is 71.6 Å². The summed E-state index contributed by atoms with van der Waals surface area (Å²) in [5.41, 5.74) is 3.63. The second-order valence-corrected chi connectivity index (χ2v) is 8.84. The highest BCUT2D eigenvalue weighted by atomic mass is 16.5. The lowest BCUT2D eigenvalue weighted by molar-refractivity contribution is -0.121. The molecule has 0 radical (unpaired) electrons. The van der Waals surface area contributed by atoms with E-state index >= 15 is 0 Å². The number of amides is 2. The molecule has 0 atom stereocenters. The van der Waals surface area contributed by atoms with E-state index in [1.54, 1.807) is 4.90 Å². The van der Waals surface area contributed by atoms with Crippen LogP contribution >= 0.6 is 0 Å². The molecule has 5 rings (SSSR count). The first kappa shape index (κ1) is 22.9. The van der Waals surface area contributed by atoms with Crippen LogP contribution < -0.4 is 9.64 Å². The fraction of sp³-hybridized carbons (Fsp3) is 0.241. The number of hydrogen-bond donors (Lipinski definition) is 0. The zero-order chi connectivity index (χ0) is 24.0. The van der Waals surface area contributed by atoms with Gasteiger partial charge in [-0.05, 0) is 35.4 Å². The third kappa shape index (κ3) is 5.44. The number of piperazine rings is 1. The van der Waals surface area contributed by atoms with Crippen LogP contribution in [0.5, 0.6) is 5.75 Å². The summed E-state index contributed by atoms with van der Waals surface area (Å²) < 4.78 is 5.52. The maximum absolute atomic E-state index is 13.0. The number of nitrogens with zero attached hydrogens (tertiary/aromatic N) is 3. The number of ether oxygens (including phenoxy) is 1. The number of carbonyl (C=O) groups excluding carboxylic acids is 2. The molecule has 1 saturated heterocycles. The van der Waals surface area contributed by atoms with Gasteiger partial charge in [-0.2, -0.15) is 0 Å². The molecule has 0 saturated carbocycles. The predicted octanol–water partition coefficient (Wildman–Crippen LogP) is 4.08. The van der Waals surface area contributed by atoms with E-state index in [9.17, 15) is 9.59 Å². The van der Waals surface area contributed by atoms with Gasteiger partial charge in [-0.25, -0.2) is 0 Å². The molecule has 3 aromatic rings. The number of benzene rings is 3. The topological polar surface area (TPSA) is 53.1 Å². The number of fused-ring (bicyclic) bond motifs is 1. The Kier molecular flexibility index (Phi) is 6.91. The predicted molar refractivity (Wildman–Crippen MR) is 137 cm³/mol. The van der Waals surface area contributed by atoms with Crippen molar-refractivity contribution in [1.82, 2.24) is 9.80 Å². The van der Waals surface area contributed by atoms with Crippen LogP contribution in [0.3, 0.4) is 0 Å². The van der Waals surface area contributed by atoms with Gasteiger partial charge in [0.15, 0.2) is 6.61 Å². The number of para-hydroxylation sites is 2. The monoisotopic (exact) mass is 467 g/mol. The van der Waals surface area contributed by atoms with Crippen molar-refractivity contribution in [3.05, 3.63) is 102 Å². The van der Waals surface area contributed by atoms with Gasteiger partial charge in [0.05, 0.1) is 12.2 Å². The normalized spacial score (nSPS) is 16.3. The summed E-state index contributed by atoms with van der Waals surface area (Å²) in [5.74, 6) is 0.706. The third-order valence-electron chi connectivity index (χ3n) is 6.48. The summed E-state index contributed by atoms with van der Waals surface area (Å²) in [6.45, 7) is 4.54. The van der Waals surface area contributed by atoms with Crippen molar-refractivity contribution in [1.29, 1.82) is 0 Å². The fourth-order valence-corrected chi connectivity index (χ4v) is 4.48. The molecule has 2 aliphatic rings. The van der Waals surface area contributed by atoms with E-state index in [0.717, 1.165) is 44.0 Å². The van der Waals surface area contributed by atoms with Gasteiger partial charge in [0, 0.05) is 38.3 Å². The van der Waals surface area contributed by atoms with Gasteiger partial charge in [-0.1, -0.05) is 66.7 Å². The molecule has 0 unspecified atom stereocenters. The highest BCUT2D eigenvalue weighted by molar-refractivity contribution is 5.98. The average Bonchev–Trinajstić information content (AvgIpc) is 2.91. The zero-order valence-electron chi connectivity index (χ0n) is 19.7. The molecule has 0 bridgehead atoms. The van der Waals surface area contributed by atoms with Gasteiger partial charge in [-0.3, -0.25) is 14.5 Å². The van der Waals surface area contributed by atoms with Crippen LogP contribution in [0.2, 0.25) is 0 Å². The van der Waals surface area contributed by atoms with Gasteiger partial charge in [0.2, 0.25) is 0 Å². The molecule has 2 amide bonds. The summed E-state index contributed by atoms with van der Waals surface area (Å²) >= 11 is 0. The summed E-state index contributed by atoms with van der Waals surface area (Å²) in [5, 5.41) is 0. The van der Waals surface area contributed by atoms with Gasteiger partial charge in [-0.15, -0.1) is 0 Å². The number of carbonyl (C=O) groups is 2. The summed E-state index contributed by atoms with van der Waals surface area (Å²) in [6.07, 6.45) is 4.32. The van der Waals surface area contributed by atoms with Gasteiger partial charge in [0.25, 0.3) is 11.8 Å². The summed E-state index contributed by atoms with van der Waals surface area (Å²) in [6, 6.07) is 25.4. The van der Waals surface area contributed by atoms with Crippen LogP contribution in [0, 0.1) is 0 Å². The minimum Gasteiger partial charge on any atom is -0.482 e. The van der Waals surface area contributed by atoms with E-state index in [0.29, 0.717) is 17.9 Å². The first-order chi connectivity index (χ1) is 17.2. The highest BCUT2D eigenvalue weighted by Crippen LogP contribution is 2.32. The second-order valence-electron chi connectivity index (χ2n) is 8.84. The van der Waals surface area contributed by atoms with E-state index in [4.69, 9.17) is 4.74 Å². The molecule has 0 spiro atoms. The van der Waals surface area contributed by atoms with Crippen LogP contribution in [-0.4, -0.2) is 60.9 Å². The van der Waals surface area contributed by atoms with Crippen LogP contribution in [0.25, 0.3) is 6.08 Å². The van der Waals surface area contributed by atoms with Crippen molar-refractivity contribution in [3.63, 3.8) is 0 Å². The minimum atomic E-state index is -0.0691. The zero-order valence-corrected chi connectivity index (χ0v) is 19.7. The molecule has 3 aromatic carbocycles. The molecule has 0 aliphatic carbocycles. The lowest BCUT2D eigenvalue weighted by atomic mass is 10.1. The average molecular weight is 468 g/mol. The van der Waals surface area contributed by atoms with E-state index in [-0.39, 0.29) is 18.4 Å². The molecule has 0 N–H and O–H groups in total. The number of anilines is 1. The van der Waals surface area contributed by atoms with Crippen molar-refractivity contribution >= 4 is 23.6 Å². The van der Waals surface area contributed by atoms with Gasteiger partial charge < -0.3 is 14.5 Å². The lowest BCUT2D eigenvalue weighted by Crippen LogP contribution is -2.48. The number of hydrogen-bond acceptors (Lipinski definition) is 4. The van der Waals surface area contributed by atoms with Crippen molar-refractivity contribution < 1.29 is 14.3 Å². The van der Waals surface area contributed by atoms with Gasteiger partial charge >= 0.3 is 0 Å². The molecular weight excluding hydrogens is 438 g/mol. The molecule has 35 heavy (non-hydrogen) atoms. The van der Waals surface area contributed by atoms with Crippen LogP contribution in [-0.2, 0) is 11.3 Å². The Morgan fingerprint density at radius 3 is 2.34 bits per heavy atom. The smallest absolute Gasteiger partial charge is 0.265 e. The fourth-order valence-electron chi connectivity index (χ4n) is 4.48. The van der Waals surface area contributed by atoms with E-state index in [1.165, 1.54) is 5.56 Å². The van der Waals surface area contributed by atoms with Crippen LogP contribution in [0.4, 0.5) is 5.69 Å². The molecule has 2 aliphatic heterocycles. The second kappa shape index (κ2) is 10.6. The maximum atomic E-state index is 13.0. The summed E-state index contributed by atoms with van der Waals surface area (Å²) in [4.78, 5) is 31.5. The van der Waals surface area contributed by atoms with Crippen LogP contribution in [0.1, 0.15) is 21.5 Å². The number of rotatable bonds is 6. The Balaban J connectivity index is 1.14. The summed E-state index contributed by atoms with van der Waals surface area (Å²) in [7, 11) is 0. The molecule has 178 valence electrons. The molecule has 0 aromatic heterocycles. The van der Waals surface area contributed by atoms with Crippen molar-refractivity contribution in [2.75, 3.05) is 44.2 Å². The SMILES string of the molecule is O=C(c1ccc(CN2C(=O)COc3ccccc32)cc1)N1CCN(CC=Cc2ccccc2)CC1. The lowest BCUT2D eigenvalue weighted by Gasteiger charge is -2.34. The minimum absolute atomic E-state index is 0.0433. The van der Waals surface area contributed by atoms with Crippen molar-refractivity contribution in [3.8, 4) is 5.75 Å². The molecular formula is C29H29N3O3. The first-order valence-corrected chi connectivity index (χ1v) is 12.0. The standard InChI is InChI=1S/C29H29N3O3/c33-28-22-35-27-11-5-4-10-26(27)32(28)21-24-12-14-25(15-13-24)29(34)31-19-17-30(18-20-31)16-6-9-23-7-2-1-3-8-23/h1-15H,16-22H2. The van der Waals surface area contributed by atoms with E-state index in [2.05, 4.69) is 29.2 Å². The Hall–Kier alpha value is -3.90. The quantitative estimate of drug-likeness (QED) is 0.548. The molecule has 2 heterocycles. The molecule has 1 fully saturated rings. The third-order valence-corrected chi connectivity index (χ3v) is 6.48. The Morgan fingerprint density at radius 1 is 0.857 bits per heavy atom. The van der Waals surface area contributed by atoms with E-state index < -0.39 is 0 Å². The molecule has 6 heteroatoms. The Bertz CT molecular complexity index is 1200. The van der Waals surface area contributed by atoms with Crippen molar-refractivity contribution in [2.45, 2.75) is 6.54 Å². The first-order valence-electron chi connectivity index (χ1n) is 12.0.